The Morgan fingerprint density at radius 1 is 1.67 bits per heavy atom. The zero-order valence-corrected chi connectivity index (χ0v) is 9.51. The van der Waals surface area contributed by atoms with Gasteiger partial charge in [0.1, 0.15) is 0 Å². The molecule has 0 aromatic rings. The van der Waals surface area contributed by atoms with E-state index in [0.717, 1.165) is 6.54 Å². The molecule has 0 bridgehead atoms. The van der Waals surface area contributed by atoms with E-state index in [2.05, 4.69) is 27.8 Å². The molecule has 1 heterocycles. The SMILES string of the molecule is COC(C)CN1CCCC(Br)C1. The van der Waals surface area contributed by atoms with Crippen LogP contribution in [-0.4, -0.2) is 42.6 Å². The van der Waals surface area contributed by atoms with Crippen LogP contribution < -0.4 is 0 Å². The van der Waals surface area contributed by atoms with Crippen molar-refractivity contribution in [3.8, 4) is 0 Å². The van der Waals surface area contributed by atoms with Crippen molar-refractivity contribution in [3.05, 3.63) is 0 Å². The first-order valence-electron chi connectivity index (χ1n) is 4.61. The number of hydrogen-bond donors (Lipinski definition) is 0. The predicted molar refractivity (Wildman–Crippen MR) is 54.9 cm³/mol. The summed E-state index contributed by atoms with van der Waals surface area (Å²) in [7, 11) is 1.78. The third kappa shape index (κ3) is 3.42. The van der Waals surface area contributed by atoms with Crippen LogP contribution in [0.4, 0.5) is 0 Å². The molecule has 0 radical (unpaired) electrons. The first kappa shape index (κ1) is 10.5. The molecule has 0 aromatic heterocycles. The zero-order chi connectivity index (χ0) is 8.97. The molecule has 1 aliphatic heterocycles. The van der Waals surface area contributed by atoms with Crippen molar-refractivity contribution in [3.63, 3.8) is 0 Å². The largest absolute Gasteiger partial charge is 0.380 e. The van der Waals surface area contributed by atoms with E-state index in [0.29, 0.717) is 10.9 Å². The van der Waals surface area contributed by atoms with E-state index < -0.39 is 0 Å². The number of rotatable bonds is 3. The lowest BCUT2D eigenvalue weighted by atomic mass is 10.1. The number of hydrogen-bond acceptors (Lipinski definition) is 2. The number of nitrogens with zero attached hydrogens (tertiary/aromatic N) is 1. The number of ether oxygens (including phenoxy) is 1. The highest BCUT2D eigenvalue weighted by Crippen LogP contribution is 2.16. The summed E-state index contributed by atoms with van der Waals surface area (Å²) in [5.41, 5.74) is 0. The molecule has 0 aromatic carbocycles. The van der Waals surface area contributed by atoms with Crippen LogP contribution in [0.3, 0.4) is 0 Å². The molecule has 3 heteroatoms. The maximum atomic E-state index is 5.23. The van der Waals surface area contributed by atoms with Crippen molar-refractivity contribution in [2.24, 2.45) is 0 Å². The summed E-state index contributed by atoms with van der Waals surface area (Å²) in [6, 6.07) is 0. The van der Waals surface area contributed by atoms with Crippen LogP contribution in [0.1, 0.15) is 19.8 Å². The van der Waals surface area contributed by atoms with Crippen LogP contribution in [0.2, 0.25) is 0 Å². The van der Waals surface area contributed by atoms with Crippen LogP contribution in [0, 0.1) is 0 Å². The lowest BCUT2D eigenvalue weighted by Crippen LogP contribution is -2.40. The Labute approximate surface area is 83.4 Å². The summed E-state index contributed by atoms with van der Waals surface area (Å²) >= 11 is 3.66. The third-order valence-electron chi connectivity index (χ3n) is 2.37. The summed E-state index contributed by atoms with van der Waals surface area (Å²) in [6.07, 6.45) is 2.99. The monoisotopic (exact) mass is 235 g/mol. The molecule has 1 saturated heterocycles. The Morgan fingerprint density at radius 2 is 2.42 bits per heavy atom. The molecule has 2 unspecified atom stereocenters. The van der Waals surface area contributed by atoms with Gasteiger partial charge in [0.15, 0.2) is 0 Å². The molecule has 0 amide bonds. The fraction of sp³-hybridized carbons (Fsp3) is 1.00. The van der Waals surface area contributed by atoms with Crippen molar-refractivity contribution in [1.29, 1.82) is 0 Å². The molecule has 12 heavy (non-hydrogen) atoms. The maximum Gasteiger partial charge on any atom is 0.0670 e. The third-order valence-corrected chi connectivity index (χ3v) is 3.11. The molecule has 0 N–H and O–H groups in total. The van der Waals surface area contributed by atoms with E-state index in [1.807, 2.05) is 0 Å². The Kier molecular flexibility index (Phi) is 4.54. The first-order chi connectivity index (χ1) is 5.72. The quantitative estimate of drug-likeness (QED) is 0.694. The van der Waals surface area contributed by atoms with Crippen molar-refractivity contribution in [2.45, 2.75) is 30.7 Å². The minimum atomic E-state index is 0.364. The van der Waals surface area contributed by atoms with E-state index in [1.54, 1.807) is 7.11 Å². The van der Waals surface area contributed by atoms with Gasteiger partial charge in [0.25, 0.3) is 0 Å². The van der Waals surface area contributed by atoms with Gasteiger partial charge in [0.05, 0.1) is 6.10 Å². The van der Waals surface area contributed by atoms with E-state index >= 15 is 0 Å². The van der Waals surface area contributed by atoms with Gasteiger partial charge < -0.3 is 4.74 Å². The molecule has 2 nitrogen and oxygen atoms in total. The first-order valence-corrected chi connectivity index (χ1v) is 5.53. The fourth-order valence-corrected chi connectivity index (χ4v) is 2.34. The molecule has 1 fully saturated rings. The van der Waals surface area contributed by atoms with Crippen molar-refractivity contribution in [1.82, 2.24) is 4.90 Å². The maximum absolute atomic E-state index is 5.23. The average molecular weight is 236 g/mol. The summed E-state index contributed by atoms with van der Waals surface area (Å²) in [4.78, 5) is 3.16. The van der Waals surface area contributed by atoms with E-state index in [9.17, 15) is 0 Å². The minimum Gasteiger partial charge on any atom is -0.380 e. The van der Waals surface area contributed by atoms with E-state index in [-0.39, 0.29) is 0 Å². The van der Waals surface area contributed by atoms with Crippen molar-refractivity contribution < 1.29 is 4.74 Å². The molecular formula is C9H18BrNO. The van der Waals surface area contributed by atoms with Gasteiger partial charge in [-0.1, -0.05) is 15.9 Å². The van der Waals surface area contributed by atoms with Gasteiger partial charge in [0.2, 0.25) is 0 Å². The molecule has 1 rings (SSSR count). The summed E-state index contributed by atoms with van der Waals surface area (Å²) in [5.74, 6) is 0. The van der Waals surface area contributed by atoms with Gasteiger partial charge in [-0.25, -0.2) is 0 Å². The second-order valence-corrected chi connectivity index (χ2v) is 4.84. The minimum absolute atomic E-state index is 0.364. The average Bonchev–Trinajstić information content (AvgIpc) is 2.04. The van der Waals surface area contributed by atoms with Crippen molar-refractivity contribution >= 4 is 15.9 Å². The lowest BCUT2D eigenvalue weighted by molar-refractivity contribution is 0.0713. The molecule has 1 aliphatic rings. The van der Waals surface area contributed by atoms with Gasteiger partial charge in [-0.2, -0.15) is 0 Å². The van der Waals surface area contributed by atoms with E-state index in [4.69, 9.17) is 4.74 Å². The summed E-state index contributed by atoms with van der Waals surface area (Å²) in [6.45, 7) is 5.60. The number of piperidine rings is 1. The summed E-state index contributed by atoms with van der Waals surface area (Å²) < 4.78 is 5.23. The van der Waals surface area contributed by atoms with E-state index in [1.165, 1.54) is 25.9 Å². The number of alkyl halides is 1. The molecular weight excluding hydrogens is 218 g/mol. The smallest absolute Gasteiger partial charge is 0.0670 e. The lowest BCUT2D eigenvalue weighted by Gasteiger charge is -2.31. The standard InChI is InChI=1S/C9H18BrNO/c1-8(12-2)6-11-5-3-4-9(10)7-11/h8-9H,3-7H2,1-2H3. The van der Waals surface area contributed by atoms with Gasteiger partial charge in [0, 0.05) is 25.0 Å². The molecule has 72 valence electrons. The summed E-state index contributed by atoms with van der Waals surface area (Å²) in [5, 5.41) is 0. The van der Waals surface area contributed by atoms with Gasteiger partial charge in [-0.05, 0) is 26.3 Å². The number of likely N-dealkylation sites (tertiary alicyclic amines) is 1. The van der Waals surface area contributed by atoms with Crippen LogP contribution in [0.25, 0.3) is 0 Å². The van der Waals surface area contributed by atoms with Crippen molar-refractivity contribution in [2.75, 3.05) is 26.7 Å². The topological polar surface area (TPSA) is 12.5 Å². The Morgan fingerprint density at radius 3 is 3.00 bits per heavy atom. The van der Waals surface area contributed by atoms with Crippen LogP contribution >= 0.6 is 15.9 Å². The van der Waals surface area contributed by atoms with Gasteiger partial charge in [-0.3, -0.25) is 4.90 Å². The molecule has 2 atom stereocenters. The highest BCUT2D eigenvalue weighted by atomic mass is 79.9. The predicted octanol–water partition coefficient (Wildman–Crippen LogP) is 1.88. The molecule has 0 saturated carbocycles. The van der Waals surface area contributed by atoms with Crippen LogP contribution in [0.5, 0.6) is 0 Å². The second-order valence-electron chi connectivity index (χ2n) is 3.55. The van der Waals surface area contributed by atoms with Crippen LogP contribution in [0.15, 0.2) is 0 Å². The Balaban J connectivity index is 2.22. The second kappa shape index (κ2) is 5.20. The number of methoxy groups -OCH3 is 1. The normalized spacial score (nSPS) is 28.8. The highest BCUT2D eigenvalue weighted by molar-refractivity contribution is 9.09. The molecule has 0 aliphatic carbocycles. The van der Waals surface area contributed by atoms with Crippen LogP contribution in [-0.2, 0) is 4.74 Å². The zero-order valence-electron chi connectivity index (χ0n) is 7.92. The van der Waals surface area contributed by atoms with Gasteiger partial charge in [-0.15, -0.1) is 0 Å². The van der Waals surface area contributed by atoms with Gasteiger partial charge >= 0.3 is 0 Å². The molecule has 0 spiro atoms. The number of halogens is 1. The Hall–Kier alpha value is 0.400. The Bertz CT molecular complexity index is 132. The fourth-order valence-electron chi connectivity index (χ4n) is 1.60. The highest BCUT2D eigenvalue weighted by Gasteiger charge is 2.18.